The monoisotopic (exact) mass is 498 g/mol. The van der Waals surface area contributed by atoms with Gasteiger partial charge in [-0.1, -0.05) is 19.9 Å². The number of ketones is 1. The first-order chi connectivity index (χ1) is 16.9. The number of aryl methyl sites for hydroxylation is 1. The Balaban J connectivity index is 1.61. The minimum absolute atomic E-state index is 0.134. The number of likely N-dealkylation sites (tertiary alicyclic amines) is 1. The maximum Gasteiger partial charge on any atom is 0.295 e. The molecule has 0 spiro atoms. The Hall–Kier alpha value is -2.68. The van der Waals surface area contributed by atoms with E-state index in [0.717, 1.165) is 49.7 Å². The van der Waals surface area contributed by atoms with Gasteiger partial charge >= 0.3 is 0 Å². The van der Waals surface area contributed by atoms with Crippen molar-refractivity contribution in [2.75, 3.05) is 46.0 Å². The van der Waals surface area contributed by atoms with Crippen molar-refractivity contribution in [2.24, 2.45) is 5.92 Å². The lowest BCUT2D eigenvalue weighted by Crippen LogP contribution is -2.38. The fourth-order valence-electron chi connectivity index (χ4n) is 4.54. The van der Waals surface area contributed by atoms with Crippen LogP contribution in [-0.2, 0) is 14.3 Å². The maximum absolute atomic E-state index is 13.2. The normalized spacial score (nSPS) is 20.7. The van der Waals surface area contributed by atoms with Gasteiger partial charge in [0.1, 0.15) is 11.5 Å². The molecule has 35 heavy (non-hydrogen) atoms. The van der Waals surface area contributed by atoms with Gasteiger partial charge in [0.15, 0.2) is 0 Å². The van der Waals surface area contributed by atoms with E-state index in [4.69, 9.17) is 9.47 Å². The molecule has 0 unspecified atom stereocenters. The van der Waals surface area contributed by atoms with Crippen molar-refractivity contribution in [3.05, 3.63) is 57.3 Å². The van der Waals surface area contributed by atoms with E-state index in [-0.39, 0.29) is 11.3 Å². The van der Waals surface area contributed by atoms with Crippen LogP contribution in [0.1, 0.15) is 42.3 Å². The number of thiophene rings is 1. The number of hydrogen-bond acceptors (Lipinski definition) is 7. The summed E-state index contributed by atoms with van der Waals surface area (Å²) < 4.78 is 11.2. The second-order valence-corrected chi connectivity index (χ2v) is 10.5. The van der Waals surface area contributed by atoms with Gasteiger partial charge in [-0.25, -0.2) is 0 Å². The molecule has 2 saturated heterocycles. The van der Waals surface area contributed by atoms with Crippen molar-refractivity contribution >= 4 is 28.8 Å². The van der Waals surface area contributed by atoms with Gasteiger partial charge in [0, 0.05) is 36.6 Å². The zero-order valence-electron chi connectivity index (χ0n) is 20.7. The van der Waals surface area contributed by atoms with Crippen molar-refractivity contribution in [1.82, 2.24) is 9.80 Å². The lowest BCUT2D eigenvalue weighted by atomic mass is 9.97. The molecule has 0 aliphatic carbocycles. The van der Waals surface area contributed by atoms with Gasteiger partial charge in [0.2, 0.25) is 0 Å². The fourth-order valence-corrected chi connectivity index (χ4v) is 5.39. The Labute approximate surface area is 210 Å². The Morgan fingerprint density at radius 2 is 1.97 bits per heavy atom. The van der Waals surface area contributed by atoms with E-state index in [9.17, 15) is 14.7 Å². The average molecular weight is 499 g/mol. The topological polar surface area (TPSA) is 79.3 Å². The Morgan fingerprint density at radius 3 is 2.63 bits per heavy atom. The summed E-state index contributed by atoms with van der Waals surface area (Å²) in [6.45, 7) is 11.1. The lowest BCUT2D eigenvalue weighted by molar-refractivity contribution is -0.140. The lowest BCUT2D eigenvalue weighted by Gasteiger charge is -2.28. The SMILES string of the molecule is Cc1cc(OCC(C)C)ccc1/C(O)=C1\C(=O)C(=O)N(CCCN2CCOCC2)[C@H]1c1cccs1. The van der Waals surface area contributed by atoms with Crippen LogP contribution in [0.2, 0.25) is 0 Å². The van der Waals surface area contributed by atoms with Gasteiger partial charge in [-0.15, -0.1) is 11.3 Å². The molecular formula is C27H34N2O5S. The molecule has 1 aromatic carbocycles. The minimum atomic E-state index is -0.633. The number of ether oxygens (including phenoxy) is 2. The molecule has 1 atom stereocenters. The van der Waals surface area contributed by atoms with E-state index in [1.165, 1.54) is 11.3 Å². The van der Waals surface area contributed by atoms with Crippen LogP contribution in [0.3, 0.4) is 0 Å². The van der Waals surface area contributed by atoms with Crippen molar-refractivity contribution in [3.8, 4) is 5.75 Å². The molecule has 2 aromatic rings. The number of aliphatic hydroxyl groups excluding tert-OH is 1. The first-order valence-corrected chi connectivity index (χ1v) is 13.1. The number of carbonyl (C=O) groups is 2. The molecule has 0 radical (unpaired) electrons. The van der Waals surface area contributed by atoms with Gasteiger partial charge in [-0.05, 0) is 54.5 Å². The molecule has 2 fully saturated rings. The number of amides is 1. The molecule has 0 bridgehead atoms. The summed E-state index contributed by atoms with van der Waals surface area (Å²) in [4.78, 5) is 31.1. The predicted octanol–water partition coefficient (Wildman–Crippen LogP) is 4.24. The first-order valence-electron chi connectivity index (χ1n) is 12.2. The third-order valence-corrected chi connectivity index (χ3v) is 7.29. The Morgan fingerprint density at radius 1 is 1.20 bits per heavy atom. The van der Waals surface area contributed by atoms with Crippen LogP contribution in [-0.4, -0.2) is 72.6 Å². The second kappa shape index (κ2) is 11.4. The standard InChI is InChI=1S/C27H34N2O5S/c1-18(2)17-34-20-7-8-21(19(3)16-20)25(30)23-24(22-6-4-15-35-22)29(27(32)26(23)31)10-5-9-28-11-13-33-14-12-28/h4,6-8,15-16,18,24,30H,5,9-14,17H2,1-3H3/b25-23+/t24-/m0/s1. The molecular weight excluding hydrogens is 464 g/mol. The largest absolute Gasteiger partial charge is 0.507 e. The average Bonchev–Trinajstić information content (AvgIpc) is 3.46. The van der Waals surface area contributed by atoms with E-state index < -0.39 is 17.7 Å². The van der Waals surface area contributed by atoms with E-state index >= 15 is 0 Å². The molecule has 4 rings (SSSR count). The maximum atomic E-state index is 13.2. The van der Waals surface area contributed by atoms with Gasteiger partial charge in [-0.2, -0.15) is 0 Å². The number of carbonyl (C=O) groups excluding carboxylic acids is 2. The number of Topliss-reactive ketones (excluding diaryl/α,β-unsaturated/α-hetero) is 1. The molecule has 3 heterocycles. The highest BCUT2D eigenvalue weighted by molar-refractivity contribution is 7.10. The van der Waals surface area contributed by atoms with Crippen molar-refractivity contribution in [3.63, 3.8) is 0 Å². The highest BCUT2D eigenvalue weighted by Crippen LogP contribution is 2.41. The zero-order valence-corrected chi connectivity index (χ0v) is 21.5. The van der Waals surface area contributed by atoms with E-state index in [1.807, 2.05) is 30.5 Å². The minimum Gasteiger partial charge on any atom is -0.507 e. The summed E-state index contributed by atoms with van der Waals surface area (Å²) in [5.74, 6) is -0.210. The van der Waals surface area contributed by atoms with Crippen LogP contribution in [0.5, 0.6) is 5.75 Å². The Bertz CT molecular complexity index is 1070. The summed E-state index contributed by atoms with van der Waals surface area (Å²) in [6, 6.07) is 8.64. The zero-order chi connectivity index (χ0) is 24.9. The van der Waals surface area contributed by atoms with Gasteiger partial charge in [0.05, 0.1) is 31.4 Å². The third-order valence-electron chi connectivity index (χ3n) is 6.37. The summed E-state index contributed by atoms with van der Waals surface area (Å²) >= 11 is 1.48. The van der Waals surface area contributed by atoms with Crippen LogP contribution in [0.25, 0.3) is 5.76 Å². The summed E-state index contributed by atoms with van der Waals surface area (Å²) in [6.07, 6.45) is 0.746. The molecule has 2 aliphatic rings. The highest BCUT2D eigenvalue weighted by Gasteiger charge is 2.46. The molecule has 1 N–H and O–H groups in total. The number of rotatable bonds is 9. The van der Waals surface area contributed by atoms with Crippen molar-refractivity contribution in [1.29, 1.82) is 0 Å². The van der Waals surface area contributed by atoms with Crippen molar-refractivity contribution in [2.45, 2.75) is 33.2 Å². The number of benzene rings is 1. The molecule has 2 aliphatic heterocycles. The predicted molar refractivity (Wildman–Crippen MR) is 137 cm³/mol. The summed E-state index contributed by atoms with van der Waals surface area (Å²) in [7, 11) is 0. The fraction of sp³-hybridized carbons (Fsp3) is 0.481. The quantitative estimate of drug-likeness (QED) is 0.317. The molecule has 7 nitrogen and oxygen atoms in total. The molecule has 0 saturated carbocycles. The summed E-state index contributed by atoms with van der Waals surface area (Å²) in [5.41, 5.74) is 1.48. The van der Waals surface area contributed by atoms with Gasteiger partial charge in [-0.3, -0.25) is 14.5 Å². The molecule has 188 valence electrons. The van der Waals surface area contributed by atoms with E-state index in [1.54, 1.807) is 17.0 Å². The van der Waals surface area contributed by atoms with Crippen LogP contribution in [0.4, 0.5) is 0 Å². The van der Waals surface area contributed by atoms with Crippen LogP contribution >= 0.6 is 11.3 Å². The first kappa shape index (κ1) is 25.4. The molecule has 1 amide bonds. The van der Waals surface area contributed by atoms with Crippen LogP contribution in [0.15, 0.2) is 41.3 Å². The molecule has 1 aromatic heterocycles. The van der Waals surface area contributed by atoms with E-state index in [2.05, 4.69) is 18.7 Å². The van der Waals surface area contributed by atoms with Crippen LogP contribution in [0, 0.1) is 12.8 Å². The number of nitrogens with zero attached hydrogens (tertiary/aromatic N) is 2. The third kappa shape index (κ3) is 5.77. The number of hydrogen-bond donors (Lipinski definition) is 1. The smallest absolute Gasteiger partial charge is 0.295 e. The number of morpholine rings is 1. The second-order valence-electron chi connectivity index (χ2n) is 9.50. The highest BCUT2D eigenvalue weighted by atomic mass is 32.1. The summed E-state index contributed by atoms with van der Waals surface area (Å²) in [5, 5.41) is 13.3. The van der Waals surface area contributed by atoms with Crippen LogP contribution < -0.4 is 4.74 Å². The molecule has 8 heteroatoms. The van der Waals surface area contributed by atoms with Gasteiger partial charge in [0.25, 0.3) is 11.7 Å². The Kier molecular flexibility index (Phi) is 8.26. The number of aliphatic hydroxyl groups is 1. The van der Waals surface area contributed by atoms with Crippen molar-refractivity contribution < 1.29 is 24.2 Å². The van der Waals surface area contributed by atoms with Gasteiger partial charge < -0.3 is 19.5 Å². The van der Waals surface area contributed by atoms with E-state index in [0.29, 0.717) is 30.4 Å².